The number of carbonyl (C=O) groups is 1. The van der Waals surface area contributed by atoms with Crippen molar-refractivity contribution >= 4 is 22.5 Å². The first-order chi connectivity index (χ1) is 9.25. The molecule has 3 aromatic rings. The summed E-state index contributed by atoms with van der Waals surface area (Å²) in [6.45, 7) is 0. The molecule has 0 radical (unpaired) electrons. The Bertz CT molecular complexity index is 746. The predicted molar refractivity (Wildman–Crippen MR) is 74.4 cm³/mol. The van der Waals surface area contributed by atoms with E-state index in [2.05, 4.69) is 10.3 Å². The maximum atomic E-state index is 12.2. The average Bonchev–Trinajstić information content (AvgIpc) is 2.85. The highest BCUT2D eigenvalue weighted by Gasteiger charge is 2.12. The Kier molecular flexibility index (Phi) is 2.68. The van der Waals surface area contributed by atoms with E-state index in [1.807, 2.05) is 24.3 Å². The van der Waals surface area contributed by atoms with E-state index in [1.165, 1.54) is 6.07 Å². The lowest BCUT2D eigenvalue weighted by atomic mass is 10.1. The Morgan fingerprint density at radius 1 is 1.05 bits per heavy atom. The van der Waals surface area contributed by atoms with Gasteiger partial charge in [0.2, 0.25) is 0 Å². The van der Waals surface area contributed by atoms with E-state index in [0.29, 0.717) is 11.3 Å². The van der Waals surface area contributed by atoms with Gasteiger partial charge in [-0.2, -0.15) is 0 Å². The monoisotopic (exact) mass is 252 g/mol. The average molecular weight is 252 g/mol. The molecule has 3 N–H and O–H groups in total. The van der Waals surface area contributed by atoms with Crippen molar-refractivity contribution in [3.05, 3.63) is 60.3 Å². The second-order valence-electron chi connectivity index (χ2n) is 4.22. The molecule has 3 rings (SSSR count). The highest BCUT2D eigenvalue weighted by Crippen LogP contribution is 2.24. The Labute approximate surface area is 109 Å². The van der Waals surface area contributed by atoms with Crippen LogP contribution in [-0.4, -0.2) is 16.0 Å². The van der Waals surface area contributed by atoms with E-state index in [1.54, 1.807) is 24.4 Å². The Morgan fingerprint density at radius 3 is 2.63 bits per heavy atom. The number of amides is 1. The van der Waals surface area contributed by atoms with Crippen molar-refractivity contribution in [2.75, 3.05) is 5.32 Å². The lowest BCUT2D eigenvalue weighted by Crippen LogP contribution is -2.11. The standard InChI is InChI=1S/C15H12N2O2/c18-14-8-4-3-7-13(14)17-15(19)11-9-16-12-6-2-1-5-10(11)12/h1-9,16,18H,(H,17,19). The van der Waals surface area contributed by atoms with Crippen molar-refractivity contribution in [2.45, 2.75) is 0 Å². The molecule has 0 spiro atoms. The van der Waals surface area contributed by atoms with Crippen molar-refractivity contribution in [3.8, 4) is 5.75 Å². The van der Waals surface area contributed by atoms with Crippen LogP contribution < -0.4 is 5.32 Å². The van der Waals surface area contributed by atoms with Gasteiger partial charge >= 0.3 is 0 Å². The molecule has 1 amide bonds. The van der Waals surface area contributed by atoms with Gasteiger partial charge in [0, 0.05) is 17.1 Å². The fourth-order valence-electron chi connectivity index (χ4n) is 2.03. The minimum absolute atomic E-state index is 0.0516. The number of aromatic nitrogens is 1. The van der Waals surface area contributed by atoms with Crippen LogP contribution in [0.3, 0.4) is 0 Å². The number of nitrogens with one attached hydrogen (secondary N) is 2. The van der Waals surface area contributed by atoms with Crippen LogP contribution in [0.15, 0.2) is 54.7 Å². The van der Waals surface area contributed by atoms with Crippen LogP contribution in [0.5, 0.6) is 5.75 Å². The fraction of sp³-hybridized carbons (Fsp3) is 0. The van der Waals surface area contributed by atoms with Crippen molar-refractivity contribution in [3.63, 3.8) is 0 Å². The molecule has 0 aliphatic heterocycles. The molecule has 0 unspecified atom stereocenters. The molecule has 0 aliphatic carbocycles. The number of phenolic OH excluding ortho intramolecular Hbond substituents is 1. The number of aromatic hydroxyl groups is 1. The summed E-state index contributed by atoms with van der Waals surface area (Å²) in [6, 6.07) is 14.2. The summed E-state index contributed by atoms with van der Waals surface area (Å²) in [6.07, 6.45) is 1.67. The third kappa shape index (κ3) is 2.04. The van der Waals surface area contributed by atoms with Crippen LogP contribution in [-0.2, 0) is 0 Å². The molecule has 2 aromatic carbocycles. The molecule has 4 nitrogen and oxygen atoms in total. The Balaban J connectivity index is 1.95. The number of benzene rings is 2. The second kappa shape index (κ2) is 4.49. The molecule has 0 atom stereocenters. The second-order valence-corrected chi connectivity index (χ2v) is 4.22. The molecule has 0 saturated heterocycles. The van der Waals surface area contributed by atoms with E-state index >= 15 is 0 Å². The largest absolute Gasteiger partial charge is 0.506 e. The maximum absolute atomic E-state index is 12.2. The lowest BCUT2D eigenvalue weighted by molar-refractivity contribution is 0.102. The molecule has 1 heterocycles. The van der Waals surface area contributed by atoms with Crippen molar-refractivity contribution < 1.29 is 9.90 Å². The number of fused-ring (bicyclic) bond motifs is 1. The molecular formula is C15H12N2O2. The zero-order valence-corrected chi connectivity index (χ0v) is 10.1. The third-order valence-corrected chi connectivity index (χ3v) is 2.99. The smallest absolute Gasteiger partial charge is 0.257 e. The summed E-state index contributed by atoms with van der Waals surface area (Å²) < 4.78 is 0. The number of hydrogen-bond acceptors (Lipinski definition) is 2. The number of carbonyl (C=O) groups excluding carboxylic acids is 1. The summed E-state index contributed by atoms with van der Waals surface area (Å²) in [5.74, 6) is -0.199. The van der Waals surface area contributed by atoms with Gasteiger partial charge in [-0.3, -0.25) is 4.79 Å². The van der Waals surface area contributed by atoms with Crippen LogP contribution in [0.1, 0.15) is 10.4 Å². The minimum atomic E-state index is -0.251. The normalized spacial score (nSPS) is 10.5. The number of hydrogen-bond donors (Lipinski definition) is 3. The van der Waals surface area contributed by atoms with Gasteiger partial charge in [-0.1, -0.05) is 30.3 Å². The predicted octanol–water partition coefficient (Wildman–Crippen LogP) is 3.13. The number of para-hydroxylation sites is 3. The highest BCUT2D eigenvalue weighted by molar-refractivity contribution is 6.13. The summed E-state index contributed by atoms with van der Waals surface area (Å²) in [4.78, 5) is 15.2. The van der Waals surface area contributed by atoms with E-state index in [-0.39, 0.29) is 11.7 Å². The number of anilines is 1. The van der Waals surface area contributed by atoms with Gasteiger partial charge in [0.15, 0.2) is 0 Å². The first kappa shape index (κ1) is 11.3. The van der Waals surface area contributed by atoms with Crippen LogP contribution in [0.4, 0.5) is 5.69 Å². The zero-order valence-electron chi connectivity index (χ0n) is 10.1. The molecule has 0 aliphatic rings. The van der Waals surface area contributed by atoms with Crippen molar-refractivity contribution in [2.24, 2.45) is 0 Å². The SMILES string of the molecule is O=C(Nc1ccccc1O)c1c[nH]c2ccccc12. The molecule has 0 saturated carbocycles. The van der Waals surface area contributed by atoms with Gasteiger partial charge in [0.05, 0.1) is 11.3 Å². The summed E-state index contributed by atoms with van der Waals surface area (Å²) in [7, 11) is 0. The Morgan fingerprint density at radius 2 is 1.79 bits per heavy atom. The summed E-state index contributed by atoms with van der Waals surface area (Å²) >= 11 is 0. The minimum Gasteiger partial charge on any atom is -0.506 e. The van der Waals surface area contributed by atoms with Gasteiger partial charge in [0.1, 0.15) is 5.75 Å². The van der Waals surface area contributed by atoms with E-state index in [0.717, 1.165) is 10.9 Å². The highest BCUT2D eigenvalue weighted by atomic mass is 16.3. The third-order valence-electron chi connectivity index (χ3n) is 2.99. The molecule has 4 heteroatoms. The Hall–Kier alpha value is -2.75. The first-order valence-electron chi connectivity index (χ1n) is 5.91. The first-order valence-corrected chi connectivity index (χ1v) is 5.91. The zero-order chi connectivity index (χ0) is 13.2. The van der Waals surface area contributed by atoms with E-state index in [4.69, 9.17) is 0 Å². The van der Waals surface area contributed by atoms with Gasteiger partial charge < -0.3 is 15.4 Å². The number of phenols is 1. The van der Waals surface area contributed by atoms with Crippen LogP contribution >= 0.6 is 0 Å². The molecule has 1 aromatic heterocycles. The number of rotatable bonds is 2. The van der Waals surface area contributed by atoms with Crippen LogP contribution in [0, 0.1) is 0 Å². The lowest BCUT2D eigenvalue weighted by Gasteiger charge is -2.06. The molecule has 94 valence electrons. The van der Waals surface area contributed by atoms with E-state index in [9.17, 15) is 9.90 Å². The number of H-pyrrole nitrogens is 1. The van der Waals surface area contributed by atoms with E-state index < -0.39 is 0 Å². The summed E-state index contributed by atoms with van der Waals surface area (Å²) in [5, 5.41) is 13.2. The molecular weight excluding hydrogens is 240 g/mol. The fourth-order valence-corrected chi connectivity index (χ4v) is 2.03. The van der Waals surface area contributed by atoms with Gasteiger partial charge in [-0.25, -0.2) is 0 Å². The maximum Gasteiger partial charge on any atom is 0.257 e. The van der Waals surface area contributed by atoms with Gasteiger partial charge in [-0.15, -0.1) is 0 Å². The van der Waals surface area contributed by atoms with Crippen molar-refractivity contribution in [1.82, 2.24) is 4.98 Å². The van der Waals surface area contributed by atoms with Gasteiger partial charge in [0.25, 0.3) is 5.91 Å². The summed E-state index contributed by atoms with van der Waals surface area (Å²) in [5.41, 5.74) is 1.86. The molecule has 0 bridgehead atoms. The van der Waals surface area contributed by atoms with Crippen LogP contribution in [0.25, 0.3) is 10.9 Å². The van der Waals surface area contributed by atoms with Gasteiger partial charge in [-0.05, 0) is 18.2 Å². The number of aromatic amines is 1. The topological polar surface area (TPSA) is 65.1 Å². The molecule has 19 heavy (non-hydrogen) atoms. The van der Waals surface area contributed by atoms with Crippen LogP contribution in [0.2, 0.25) is 0 Å². The van der Waals surface area contributed by atoms with Crippen molar-refractivity contribution in [1.29, 1.82) is 0 Å². The quantitative estimate of drug-likeness (QED) is 0.613. The molecule has 0 fully saturated rings.